The first-order chi connectivity index (χ1) is 11.6. The predicted octanol–water partition coefficient (Wildman–Crippen LogP) is 2.18. The molecule has 0 amide bonds. The highest BCUT2D eigenvalue weighted by molar-refractivity contribution is 5.65. The molecule has 0 saturated carbocycles. The number of nitrogens with zero attached hydrogens (tertiary/aromatic N) is 4. The van der Waals surface area contributed by atoms with E-state index in [2.05, 4.69) is 33.0 Å². The molecule has 0 atom stereocenters. The Morgan fingerprint density at radius 1 is 1.21 bits per heavy atom. The Bertz CT molecular complexity index is 775. The summed E-state index contributed by atoms with van der Waals surface area (Å²) in [5.74, 6) is 1.17. The van der Waals surface area contributed by atoms with Crippen LogP contribution in [0.25, 0.3) is 0 Å². The van der Waals surface area contributed by atoms with Gasteiger partial charge < -0.3 is 20.3 Å². The summed E-state index contributed by atoms with van der Waals surface area (Å²) in [5, 5.41) is 9.25. The van der Waals surface area contributed by atoms with E-state index in [1.807, 2.05) is 19.1 Å². The molecule has 0 unspecified atom stereocenters. The van der Waals surface area contributed by atoms with Crippen molar-refractivity contribution < 1.29 is 4.74 Å². The van der Waals surface area contributed by atoms with Crippen LogP contribution in [0.15, 0.2) is 30.5 Å². The van der Waals surface area contributed by atoms with E-state index in [1.165, 1.54) is 5.69 Å². The van der Waals surface area contributed by atoms with Crippen molar-refractivity contribution in [2.24, 2.45) is 0 Å². The smallest absolute Gasteiger partial charge is 0.141 e. The Balaban J connectivity index is 1.75. The zero-order valence-electron chi connectivity index (χ0n) is 14.0. The van der Waals surface area contributed by atoms with Crippen molar-refractivity contribution in [2.75, 3.05) is 48.8 Å². The van der Waals surface area contributed by atoms with Crippen LogP contribution in [-0.2, 0) is 0 Å². The van der Waals surface area contributed by atoms with Gasteiger partial charge in [-0.2, -0.15) is 5.26 Å². The van der Waals surface area contributed by atoms with Crippen molar-refractivity contribution >= 4 is 17.2 Å². The summed E-state index contributed by atoms with van der Waals surface area (Å²) in [7, 11) is 1.68. The number of nitriles is 1. The van der Waals surface area contributed by atoms with Gasteiger partial charge in [0.25, 0.3) is 0 Å². The number of methoxy groups -OCH3 is 1. The third-order valence-corrected chi connectivity index (χ3v) is 4.49. The highest BCUT2D eigenvalue weighted by Crippen LogP contribution is 2.28. The van der Waals surface area contributed by atoms with Crippen LogP contribution in [0, 0.1) is 18.3 Å². The third kappa shape index (κ3) is 2.93. The lowest BCUT2D eigenvalue weighted by Crippen LogP contribution is -2.46. The molecule has 1 aliphatic heterocycles. The predicted molar refractivity (Wildman–Crippen MR) is 95.5 cm³/mol. The molecule has 0 radical (unpaired) electrons. The topological polar surface area (TPSA) is 78.4 Å². The van der Waals surface area contributed by atoms with Gasteiger partial charge >= 0.3 is 0 Å². The van der Waals surface area contributed by atoms with Crippen LogP contribution in [0.4, 0.5) is 17.2 Å². The zero-order valence-corrected chi connectivity index (χ0v) is 14.0. The number of aromatic nitrogens is 1. The standard InChI is InChI=1S/C18H21N5O/c1-13-16(11-19)18(20)21-12-17(13)23-8-6-22(7-9-23)14-4-3-5-15(10-14)24-2/h3-5,10,12H,6-9H2,1-2H3,(H2,20,21). The van der Waals surface area contributed by atoms with Crippen LogP contribution in [-0.4, -0.2) is 38.3 Å². The number of nitrogens with two attached hydrogens (primary N) is 1. The molecule has 6 nitrogen and oxygen atoms in total. The Morgan fingerprint density at radius 2 is 1.92 bits per heavy atom. The maximum atomic E-state index is 9.25. The van der Waals surface area contributed by atoms with E-state index < -0.39 is 0 Å². The molecule has 6 heteroatoms. The van der Waals surface area contributed by atoms with E-state index in [0.717, 1.165) is 43.2 Å². The molecule has 1 saturated heterocycles. The van der Waals surface area contributed by atoms with Crippen molar-refractivity contribution in [3.63, 3.8) is 0 Å². The van der Waals surface area contributed by atoms with E-state index in [4.69, 9.17) is 10.5 Å². The summed E-state index contributed by atoms with van der Waals surface area (Å²) in [6.07, 6.45) is 1.77. The van der Waals surface area contributed by atoms with Crippen LogP contribution in [0.1, 0.15) is 11.1 Å². The van der Waals surface area contributed by atoms with Gasteiger partial charge in [0.15, 0.2) is 0 Å². The Labute approximate surface area is 142 Å². The van der Waals surface area contributed by atoms with Crippen LogP contribution >= 0.6 is 0 Å². The van der Waals surface area contributed by atoms with Gasteiger partial charge in [-0.3, -0.25) is 0 Å². The van der Waals surface area contributed by atoms with Gasteiger partial charge in [0.05, 0.1) is 24.6 Å². The lowest BCUT2D eigenvalue weighted by molar-refractivity contribution is 0.414. The zero-order chi connectivity index (χ0) is 17.1. The van der Waals surface area contributed by atoms with E-state index >= 15 is 0 Å². The summed E-state index contributed by atoms with van der Waals surface area (Å²) in [4.78, 5) is 8.77. The monoisotopic (exact) mass is 323 g/mol. The van der Waals surface area contributed by atoms with Crippen molar-refractivity contribution in [3.8, 4) is 11.8 Å². The van der Waals surface area contributed by atoms with Gasteiger partial charge in [0.1, 0.15) is 17.6 Å². The molecule has 1 fully saturated rings. The molecule has 2 N–H and O–H groups in total. The fraction of sp³-hybridized carbons (Fsp3) is 0.333. The number of anilines is 3. The van der Waals surface area contributed by atoms with Crippen molar-refractivity contribution in [1.82, 2.24) is 4.98 Å². The highest BCUT2D eigenvalue weighted by Gasteiger charge is 2.21. The SMILES string of the molecule is COc1cccc(N2CCN(c3cnc(N)c(C#N)c3C)CC2)c1. The van der Waals surface area contributed by atoms with Crippen LogP contribution < -0.4 is 20.3 Å². The first kappa shape index (κ1) is 15.9. The van der Waals surface area contributed by atoms with Gasteiger partial charge in [0.2, 0.25) is 0 Å². The van der Waals surface area contributed by atoms with Gasteiger partial charge in [0, 0.05) is 37.9 Å². The molecule has 1 aromatic carbocycles. The maximum Gasteiger partial charge on any atom is 0.141 e. The molecular weight excluding hydrogens is 302 g/mol. The lowest BCUT2D eigenvalue weighted by Gasteiger charge is -2.38. The fourth-order valence-corrected chi connectivity index (χ4v) is 3.08. The average molecular weight is 323 g/mol. The van der Waals surface area contributed by atoms with Gasteiger partial charge in [-0.1, -0.05) is 6.07 Å². The summed E-state index contributed by atoms with van der Waals surface area (Å²) in [6.45, 7) is 5.47. The van der Waals surface area contributed by atoms with Gasteiger partial charge in [-0.05, 0) is 24.6 Å². The van der Waals surface area contributed by atoms with Crippen LogP contribution in [0.2, 0.25) is 0 Å². The van der Waals surface area contributed by atoms with E-state index in [-0.39, 0.29) is 0 Å². The molecule has 1 aliphatic rings. The highest BCUT2D eigenvalue weighted by atomic mass is 16.5. The van der Waals surface area contributed by atoms with Gasteiger partial charge in [-0.15, -0.1) is 0 Å². The van der Waals surface area contributed by atoms with Crippen LogP contribution in [0.5, 0.6) is 5.75 Å². The first-order valence-corrected chi connectivity index (χ1v) is 7.93. The Hall–Kier alpha value is -2.94. The van der Waals surface area contributed by atoms with E-state index in [1.54, 1.807) is 13.3 Å². The summed E-state index contributed by atoms with van der Waals surface area (Å²) in [6, 6.07) is 10.3. The van der Waals surface area contributed by atoms with E-state index in [9.17, 15) is 5.26 Å². The normalized spacial score (nSPS) is 14.4. The molecule has 0 spiro atoms. The molecular formula is C18H21N5O. The molecule has 1 aromatic heterocycles. The number of piperazine rings is 1. The quantitative estimate of drug-likeness (QED) is 0.933. The summed E-state index contributed by atoms with van der Waals surface area (Å²) >= 11 is 0. The molecule has 2 aromatic rings. The van der Waals surface area contributed by atoms with Crippen molar-refractivity contribution in [1.29, 1.82) is 5.26 Å². The van der Waals surface area contributed by atoms with Gasteiger partial charge in [-0.25, -0.2) is 4.98 Å². The number of ether oxygens (including phenoxy) is 1. The molecule has 124 valence electrons. The maximum absolute atomic E-state index is 9.25. The average Bonchev–Trinajstić information content (AvgIpc) is 2.62. The number of pyridine rings is 1. The van der Waals surface area contributed by atoms with E-state index in [0.29, 0.717) is 11.4 Å². The Kier molecular flexibility index (Phi) is 4.43. The third-order valence-electron chi connectivity index (χ3n) is 4.49. The number of benzene rings is 1. The minimum atomic E-state index is 0.300. The number of hydrogen-bond donors (Lipinski definition) is 1. The first-order valence-electron chi connectivity index (χ1n) is 7.93. The second-order valence-corrected chi connectivity index (χ2v) is 5.82. The second-order valence-electron chi connectivity index (χ2n) is 5.82. The van der Waals surface area contributed by atoms with Crippen LogP contribution in [0.3, 0.4) is 0 Å². The second kappa shape index (κ2) is 6.67. The molecule has 2 heterocycles. The lowest BCUT2D eigenvalue weighted by atomic mass is 10.1. The molecule has 0 bridgehead atoms. The number of hydrogen-bond acceptors (Lipinski definition) is 6. The number of rotatable bonds is 3. The van der Waals surface area contributed by atoms with Crippen molar-refractivity contribution in [3.05, 3.63) is 41.6 Å². The Morgan fingerprint density at radius 3 is 2.58 bits per heavy atom. The fourth-order valence-electron chi connectivity index (χ4n) is 3.08. The molecule has 3 rings (SSSR count). The summed E-state index contributed by atoms with van der Waals surface area (Å²) < 4.78 is 5.30. The number of nitrogen functional groups attached to an aromatic ring is 1. The van der Waals surface area contributed by atoms with Crippen molar-refractivity contribution in [2.45, 2.75) is 6.92 Å². The minimum Gasteiger partial charge on any atom is -0.497 e. The summed E-state index contributed by atoms with van der Waals surface area (Å²) in [5.41, 5.74) is 9.32. The molecule has 24 heavy (non-hydrogen) atoms. The molecule has 0 aliphatic carbocycles. The largest absolute Gasteiger partial charge is 0.497 e. The minimum absolute atomic E-state index is 0.300.